The topological polar surface area (TPSA) is 24.5 Å². The van der Waals surface area contributed by atoms with Gasteiger partial charge in [-0.25, -0.2) is 0 Å². The third-order valence-corrected chi connectivity index (χ3v) is 3.83. The molecule has 0 spiro atoms. The number of rotatable bonds is 5. The Balaban J connectivity index is 2.64. The highest BCUT2D eigenvalue weighted by atomic mass is 16.5. The van der Waals surface area contributed by atoms with Crippen LogP contribution in [-0.2, 0) is 4.74 Å². The van der Waals surface area contributed by atoms with Crippen molar-refractivity contribution in [3.05, 3.63) is 0 Å². The molecule has 0 aromatic carbocycles. The van der Waals surface area contributed by atoms with Gasteiger partial charge < -0.3 is 10.1 Å². The van der Waals surface area contributed by atoms with Gasteiger partial charge in [-0.15, -0.1) is 0 Å². The van der Waals surface area contributed by atoms with E-state index in [-0.39, 0.29) is 0 Å². The van der Waals surface area contributed by atoms with Crippen molar-refractivity contribution in [1.29, 1.82) is 0 Å². The van der Waals surface area contributed by atoms with Crippen molar-refractivity contribution in [2.24, 2.45) is 0 Å². The fourth-order valence-electron chi connectivity index (χ4n) is 2.54. The predicted molar refractivity (Wildman–Crippen MR) is 64.2 cm³/mol. The molecule has 1 heterocycles. The molecular formula is C12H26N2O. The smallest absolute Gasteiger partial charge is 0.0589 e. The first kappa shape index (κ1) is 12.9. The number of nitrogens with one attached hydrogen (secondary N) is 1. The molecule has 1 atom stereocenters. The number of piperazine rings is 1. The van der Waals surface area contributed by atoms with E-state index in [0.717, 1.165) is 26.2 Å². The van der Waals surface area contributed by atoms with Gasteiger partial charge in [-0.3, -0.25) is 4.90 Å². The van der Waals surface area contributed by atoms with Crippen molar-refractivity contribution in [1.82, 2.24) is 10.2 Å². The second-order valence-electron chi connectivity index (χ2n) is 4.65. The lowest BCUT2D eigenvalue weighted by molar-refractivity contribution is 0.0151. The molecule has 1 unspecified atom stereocenters. The van der Waals surface area contributed by atoms with E-state index in [1.54, 1.807) is 7.11 Å². The van der Waals surface area contributed by atoms with E-state index in [1.165, 1.54) is 12.8 Å². The zero-order valence-corrected chi connectivity index (χ0v) is 10.7. The molecule has 1 rings (SSSR count). The molecule has 90 valence electrons. The van der Waals surface area contributed by atoms with Gasteiger partial charge in [-0.2, -0.15) is 0 Å². The van der Waals surface area contributed by atoms with Crippen LogP contribution in [0.15, 0.2) is 0 Å². The highest BCUT2D eigenvalue weighted by Crippen LogP contribution is 2.26. The fraction of sp³-hybridized carbons (Fsp3) is 1.00. The number of ether oxygens (including phenoxy) is 1. The maximum atomic E-state index is 5.20. The van der Waals surface area contributed by atoms with Crippen molar-refractivity contribution in [2.45, 2.75) is 45.2 Å². The van der Waals surface area contributed by atoms with Crippen LogP contribution in [0, 0.1) is 0 Å². The maximum Gasteiger partial charge on any atom is 0.0589 e. The summed E-state index contributed by atoms with van der Waals surface area (Å²) in [7, 11) is 1.78. The van der Waals surface area contributed by atoms with E-state index in [0.29, 0.717) is 11.6 Å². The van der Waals surface area contributed by atoms with Gasteiger partial charge in [0.2, 0.25) is 0 Å². The molecule has 1 saturated heterocycles. The van der Waals surface area contributed by atoms with Crippen molar-refractivity contribution in [3.8, 4) is 0 Å². The largest absolute Gasteiger partial charge is 0.383 e. The average molecular weight is 214 g/mol. The van der Waals surface area contributed by atoms with Crippen LogP contribution in [0.5, 0.6) is 0 Å². The van der Waals surface area contributed by atoms with E-state index < -0.39 is 0 Å². The first-order valence-corrected chi connectivity index (χ1v) is 6.16. The molecular weight excluding hydrogens is 188 g/mol. The lowest BCUT2D eigenvalue weighted by Crippen LogP contribution is -2.64. The van der Waals surface area contributed by atoms with Crippen LogP contribution in [0.3, 0.4) is 0 Å². The summed E-state index contributed by atoms with van der Waals surface area (Å²) in [5.74, 6) is 0. The SMILES string of the molecule is CCC1(CC)CNC(C)CN1CCOC. The van der Waals surface area contributed by atoms with Gasteiger partial charge in [0.25, 0.3) is 0 Å². The molecule has 15 heavy (non-hydrogen) atoms. The van der Waals surface area contributed by atoms with Crippen LogP contribution in [-0.4, -0.2) is 49.8 Å². The molecule has 1 aliphatic heterocycles. The molecule has 1 fully saturated rings. The first-order chi connectivity index (χ1) is 7.18. The summed E-state index contributed by atoms with van der Waals surface area (Å²) >= 11 is 0. The Morgan fingerprint density at radius 1 is 1.40 bits per heavy atom. The summed E-state index contributed by atoms with van der Waals surface area (Å²) in [4.78, 5) is 2.61. The highest BCUT2D eigenvalue weighted by molar-refractivity contribution is 4.96. The lowest BCUT2D eigenvalue weighted by Gasteiger charge is -2.49. The zero-order valence-electron chi connectivity index (χ0n) is 10.7. The van der Waals surface area contributed by atoms with Gasteiger partial charge in [-0.05, 0) is 19.8 Å². The summed E-state index contributed by atoms with van der Waals surface area (Å²) in [6.45, 7) is 11.0. The quantitative estimate of drug-likeness (QED) is 0.750. The molecule has 0 amide bonds. The van der Waals surface area contributed by atoms with Crippen molar-refractivity contribution >= 4 is 0 Å². The zero-order chi connectivity index (χ0) is 11.3. The Labute approximate surface area is 94.2 Å². The van der Waals surface area contributed by atoms with Gasteiger partial charge in [0.05, 0.1) is 6.61 Å². The van der Waals surface area contributed by atoms with Gasteiger partial charge >= 0.3 is 0 Å². The van der Waals surface area contributed by atoms with Crippen LogP contribution in [0.25, 0.3) is 0 Å². The van der Waals surface area contributed by atoms with Crippen LogP contribution >= 0.6 is 0 Å². The molecule has 0 radical (unpaired) electrons. The molecule has 1 N–H and O–H groups in total. The number of hydrogen-bond donors (Lipinski definition) is 1. The average Bonchev–Trinajstić information content (AvgIpc) is 2.27. The molecule has 0 aromatic heterocycles. The van der Waals surface area contributed by atoms with Gasteiger partial charge in [0, 0.05) is 38.3 Å². The van der Waals surface area contributed by atoms with E-state index in [4.69, 9.17) is 4.74 Å². The molecule has 1 aliphatic rings. The fourth-order valence-corrected chi connectivity index (χ4v) is 2.54. The molecule has 3 heteroatoms. The standard InChI is InChI=1S/C12H26N2O/c1-5-12(6-2)10-13-11(3)9-14(12)7-8-15-4/h11,13H,5-10H2,1-4H3. The molecule has 3 nitrogen and oxygen atoms in total. The summed E-state index contributed by atoms with van der Waals surface area (Å²) < 4.78 is 5.20. The second-order valence-corrected chi connectivity index (χ2v) is 4.65. The lowest BCUT2D eigenvalue weighted by atomic mass is 9.87. The molecule has 0 aromatic rings. The van der Waals surface area contributed by atoms with Crippen LogP contribution in [0.1, 0.15) is 33.6 Å². The summed E-state index contributed by atoms with van der Waals surface area (Å²) in [5, 5.41) is 3.60. The molecule has 0 bridgehead atoms. The summed E-state index contributed by atoms with van der Waals surface area (Å²) in [6.07, 6.45) is 2.43. The minimum absolute atomic E-state index is 0.352. The third kappa shape index (κ3) is 2.92. The second kappa shape index (κ2) is 5.83. The number of hydrogen-bond acceptors (Lipinski definition) is 3. The van der Waals surface area contributed by atoms with E-state index in [1.807, 2.05) is 0 Å². The van der Waals surface area contributed by atoms with Gasteiger partial charge in [-0.1, -0.05) is 13.8 Å². The maximum absolute atomic E-state index is 5.20. The van der Waals surface area contributed by atoms with E-state index >= 15 is 0 Å². The predicted octanol–water partition coefficient (Wildman–Crippen LogP) is 1.49. The summed E-state index contributed by atoms with van der Waals surface area (Å²) in [6, 6.07) is 0.605. The van der Waals surface area contributed by atoms with Gasteiger partial charge in [0.15, 0.2) is 0 Å². The van der Waals surface area contributed by atoms with Crippen LogP contribution in [0.2, 0.25) is 0 Å². The van der Waals surface area contributed by atoms with Crippen molar-refractivity contribution in [2.75, 3.05) is 33.4 Å². The Hall–Kier alpha value is -0.120. The minimum atomic E-state index is 0.352. The Morgan fingerprint density at radius 3 is 2.60 bits per heavy atom. The normalized spacial score (nSPS) is 26.8. The summed E-state index contributed by atoms with van der Waals surface area (Å²) in [5.41, 5.74) is 0.352. The molecule has 0 aliphatic carbocycles. The Morgan fingerprint density at radius 2 is 2.07 bits per heavy atom. The number of nitrogens with zero attached hydrogens (tertiary/aromatic N) is 1. The Kier molecular flexibility index (Phi) is 5.03. The minimum Gasteiger partial charge on any atom is -0.383 e. The van der Waals surface area contributed by atoms with E-state index in [9.17, 15) is 0 Å². The third-order valence-electron chi connectivity index (χ3n) is 3.83. The van der Waals surface area contributed by atoms with Crippen LogP contribution < -0.4 is 5.32 Å². The van der Waals surface area contributed by atoms with Gasteiger partial charge in [0.1, 0.15) is 0 Å². The highest BCUT2D eigenvalue weighted by Gasteiger charge is 2.37. The van der Waals surface area contributed by atoms with Crippen LogP contribution in [0.4, 0.5) is 0 Å². The van der Waals surface area contributed by atoms with Crippen molar-refractivity contribution < 1.29 is 4.74 Å². The van der Waals surface area contributed by atoms with E-state index in [2.05, 4.69) is 31.0 Å². The first-order valence-electron chi connectivity index (χ1n) is 6.16. The monoisotopic (exact) mass is 214 g/mol. The number of methoxy groups -OCH3 is 1. The molecule has 0 saturated carbocycles. The van der Waals surface area contributed by atoms with Crippen molar-refractivity contribution in [3.63, 3.8) is 0 Å². The Bertz CT molecular complexity index is 180.